The van der Waals surface area contributed by atoms with Gasteiger partial charge in [0, 0.05) is 6.07 Å². The molecular formula is C11H14ClN3O3. The molecule has 0 heterocycles. The van der Waals surface area contributed by atoms with Gasteiger partial charge in [0.15, 0.2) is 5.84 Å². The third-order valence-corrected chi connectivity index (χ3v) is 2.71. The number of ether oxygens (including phenoxy) is 1. The average molecular weight is 272 g/mol. The van der Waals surface area contributed by atoms with Crippen molar-refractivity contribution < 1.29 is 14.7 Å². The first-order valence-electron chi connectivity index (χ1n) is 5.11. The van der Waals surface area contributed by atoms with Crippen LogP contribution in [-0.2, 0) is 4.79 Å². The summed E-state index contributed by atoms with van der Waals surface area (Å²) in [4.78, 5) is 11.8. The van der Waals surface area contributed by atoms with Gasteiger partial charge >= 0.3 is 0 Å². The summed E-state index contributed by atoms with van der Waals surface area (Å²) >= 11 is 5.93. The zero-order valence-corrected chi connectivity index (χ0v) is 10.7. The van der Waals surface area contributed by atoms with E-state index in [1.54, 1.807) is 18.2 Å². The van der Waals surface area contributed by atoms with Crippen molar-refractivity contribution in [2.45, 2.75) is 6.92 Å². The van der Waals surface area contributed by atoms with E-state index in [1.807, 2.05) is 0 Å². The van der Waals surface area contributed by atoms with Crippen molar-refractivity contribution in [3.05, 3.63) is 23.2 Å². The molecule has 0 saturated heterocycles. The van der Waals surface area contributed by atoms with Crippen LogP contribution in [0.1, 0.15) is 6.92 Å². The fourth-order valence-electron chi connectivity index (χ4n) is 1.19. The fourth-order valence-corrected chi connectivity index (χ4v) is 1.35. The van der Waals surface area contributed by atoms with Crippen molar-refractivity contribution in [3.8, 4) is 5.75 Å². The molecule has 0 spiro atoms. The number of amides is 1. The first-order chi connectivity index (χ1) is 8.49. The maximum absolute atomic E-state index is 11.8. The molecule has 18 heavy (non-hydrogen) atoms. The number of benzene rings is 1. The Morgan fingerprint density at radius 1 is 1.61 bits per heavy atom. The molecule has 1 rings (SSSR count). The molecule has 6 nitrogen and oxygen atoms in total. The van der Waals surface area contributed by atoms with Crippen LogP contribution in [0.25, 0.3) is 0 Å². The minimum atomic E-state index is -0.766. The highest BCUT2D eigenvalue weighted by Crippen LogP contribution is 2.27. The Balaban J connectivity index is 2.87. The standard InChI is InChI=1S/C11H14ClN3O3/c1-6(10(13)15-17)11(16)14-9-5-7(18-2)3-4-8(9)12/h3-6,17H,1-2H3,(H2,13,15)(H,14,16). The maximum Gasteiger partial charge on any atom is 0.234 e. The molecule has 4 N–H and O–H groups in total. The minimum absolute atomic E-state index is 0.175. The number of nitrogens with one attached hydrogen (secondary N) is 1. The predicted molar refractivity (Wildman–Crippen MR) is 69.2 cm³/mol. The van der Waals surface area contributed by atoms with Crippen molar-refractivity contribution in [1.29, 1.82) is 0 Å². The fraction of sp³-hybridized carbons (Fsp3) is 0.273. The highest BCUT2D eigenvalue weighted by molar-refractivity contribution is 6.33. The zero-order valence-electron chi connectivity index (χ0n) is 9.98. The highest BCUT2D eigenvalue weighted by atomic mass is 35.5. The summed E-state index contributed by atoms with van der Waals surface area (Å²) in [6.45, 7) is 1.51. The highest BCUT2D eigenvalue weighted by Gasteiger charge is 2.18. The number of hydrogen-bond donors (Lipinski definition) is 3. The molecule has 7 heteroatoms. The number of nitrogens with two attached hydrogens (primary N) is 1. The van der Waals surface area contributed by atoms with Gasteiger partial charge in [-0.05, 0) is 19.1 Å². The Morgan fingerprint density at radius 3 is 2.83 bits per heavy atom. The van der Waals surface area contributed by atoms with Gasteiger partial charge in [-0.15, -0.1) is 0 Å². The van der Waals surface area contributed by atoms with Crippen molar-refractivity contribution in [2.75, 3.05) is 12.4 Å². The van der Waals surface area contributed by atoms with E-state index < -0.39 is 11.8 Å². The smallest absolute Gasteiger partial charge is 0.234 e. The molecule has 0 aliphatic rings. The monoisotopic (exact) mass is 271 g/mol. The Labute approximate surface area is 109 Å². The Kier molecular flexibility index (Phi) is 4.79. The number of rotatable bonds is 4. The van der Waals surface area contributed by atoms with Crippen molar-refractivity contribution >= 4 is 29.0 Å². The molecule has 1 unspecified atom stereocenters. The summed E-state index contributed by atoms with van der Waals surface area (Å²) in [5, 5.41) is 14.2. The van der Waals surface area contributed by atoms with Gasteiger partial charge in [0.1, 0.15) is 5.75 Å². The van der Waals surface area contributed by atoms with E-state index >= 15 is 0 Å². The summed E-state index contributed by atoms with van der Waals surface area (Å²) in [6, 6.07) is 4.86. The first-order valence-corrected chi connectivity index (χ1v) is 5.49. The molecule has 1 aromatic rings. The van der Waals surface area contributed by atoms with E-state index in [9.17, 15) is 4.79 Å². The minimum Gasteiger partial charge on any atom is -0.497 e. The maximum atomic E-state index is 11.8. The van der Waals surface area contributed by atoms with Gasteiger partial charge in [-0.2, -0.15) is 0 Å². The Morgan fingerprint density at radius 2 is 2.28 bits per heavy atom. The average Bonchev–Trinajstić information content (AvgIpc) is 2.39. The van der Waals surface area contributed by atoms with Gasteiger partial charge in [0.05, 0.1) is 23.7 Å². The van der Waals surface area contributed by atoms with E-state index in [0.717, 1.165) is 0 Å². The predicted octanol–water partition coefficient (Wildman–Crippen LogP) is 1.67. The van der Waals surface area contributed by atoms with Gasteiger partial charge in [-0.25, -0.2) is 0 Å². The number of oxime groups is 1. The molecule has 0 aliphatic heterocycles. The number of halogens is 1. The van der Waals surface area contributed by atoms with Crippen LogP contribution < -0.4 is 15.8 Å². The largest absolute Gasteiger partial charge is 0.497 e. The van der Waals surface area contributed by atoms with Gasteiger partial charge in [-0.1, -0.05) is 16.8 Å². The molecule has 1 aromatic carbocycles. The molecule has 0 aliphatic carbocycles. The van der Waals surface area contributed by atoms with E-state index in [-0.39, 0.29) is 5.84 Å². The van der Waals surface area contributed by atoms with Crippen molar-refractivity contribution in [2.24, 2.45) is 16.8 Å². The van der Waals surface area contributed by atoms with E-state index in [1.165, 1.54) is 14.0 Å². The molecule has 1 atom stereocenters. The van der Waals surface area contributed by atoms with Crippen LogP contribution >= 0.6 is 11.6 Å². The lowest BCUT2D eigenvalue weighted by molar-refractivity contribution is -0.117. The quantitative estimate of drug-likeness (QED) is 0.336. The summed E-state index contributed by atoms with van der Waals surface area (Å²) < 4.78 is 5.02. The van der Waals surface area contributed by atoms with E-state index in [0.29, 0.717) is 16.5 Å². The summed E-state index contributed by atoms with van der Waals surface area (Å²) in [5.74, 6) is -0.810. The summed E-state index contributed by atoms with van der Waals surface area (Å²) in [5.41, 5.74) is 5.75. The summed E-state index contributed by atoms with van der Waals surface area (Å²) in [6.07, 6.45) is 0. The molecule has 0 saturated carbocycles. The third kappa shape index (κ3) is 3.27. The number of carbonyl (C=O) groups is 1. The van der Waals surface area contributed by atoms with Crippen LogP contribution in [0, 0.1) is 5.92 Å². The van der Waals surface area contributed by atoms with Crippen molar-refractivity contribution in [1.82, 2.24) is 0 Å². The van der Waals surface area contributed by atoms with Gasteiger partial charge in [0.25, 0.3) is 0 Å². The SMILES string of the molecule is COc1ccc(Cl)c(NC(=O)C(C)C(N)=NO)c1. The van der Waals surface area contributed by atoms with Gasteiger partial charge < -0.3 is 21.0 Å². The molecule has 0 radical (unpaired) electrons. The number of carbonyl (C=O) groups excluding carboxylic acids is 1. The molecule has 1 amide bonds. The van der Waals surface area contributed by atoms with Crippen LogP contribution in [0.3, 0.4) is 0 Å². The molecule has 0 bridgehead atoms. The number of methoxy groups -OCH3 is 1. The molecular weight excluding hydrogens is 258 g/mol. The Hall–Kier alpha value is -1.95. The lowest BCUT2D eigenvalue weighted by Crippen LogP contribution is -2.32. The topological polar surface area (TPSA) is 96.9 Å². The number of anilines is 1. The molecule has 98 valence electrons. The van der Waals surface area contributed by atoms with Crippen LogP contribution in [-0.4, -0.2) is 24.1 Å². The first kappa shape index (κ1) is 14.1. The zero-order chi connectivity index (χ0) is 13.7. The number of hydrogen-bond acceptors (Lipinski definition) is 4. The second-order valence-electron chi connectivity index (χ2n) is 3.58. The number of nitrogens with zero attached hydrogens (tertiary/aromatic N) is 1. The lowest BCUT2D eigenvalue weighted by atomic mass is 10.1. The lowest BCUT2D eigenvalue weighted by Gasteiger charge is -2.12. The van der Waals surface area contributed by atoms with E-state index in [2.05, 4.69) is 10.5 Å². The Bertz CT molecular complexity index is 477. The van der Waals surface area contributed by atoms with Crippen LogP contribution in [0.4, 0.5) is 5.69 Å². The number of amidine groups is 1. The van der Waals surface area contributed by atoms with Crippen LogP contribution in [0.15, 0.2) is 23.4 Å². The second-order valence-corrected chi connectivity index (χ2v) is 3.99. The van der Waals surface area contributed by atoms with Gasteiger partial charge in [0.2, 0.25) is 5.91 Å². The summed E-state index contributed by atoms with van der Waals surface area (Å²) in [7, 11) is 1.51. The third-order valence-electron chi connectivity index (χ3n) is 2.38. The normalized spacial score (nSPS) is 12.9. The van der Waals surface area contributed by atoms with E-state index in [4.69, 9.17) is 27.3 Å². The van der Waals surface area contributed by atoms with Gasteiger partial charge in [-0.3, -0.25) is 4.79 Å². The van der Waals surface area contributed by atoms with Crippen LogP contribution in [0.5, 0.6) is 5.75 Å². The molecule has 0 fully saturated rings. The van der Waals surface area contributed by atoms with Crippen molar-refractivity contribution in [3.63, 3.8) is 0 Å². The second kappa shape index (κ2) is 6.11. The molecule has 0 aromatic heterocycles. The van der Waals surface area contributed by atoms with Crippen LogP contribution in [0.2, 0.25) is 5.02 Å².